The lowest BCUT2D eigenvalue weighted by molar-refractivity contribution is 0.782. The summed E-state index contributed by atoms with van der Waals surface area (Å²) in [5.41, 5.74) is 2.08. The number of para-hydroxylation sites is 1. The van der Waals surface area contributed by atoms with Crippen LogP contribution in [0.25, 0.3) is 0 Å². The summed E-state index contributed by atoms with van der Waals surface area (Å²) in [5.74, 6) is 0.878. The number of rotatable bonds is 5. The lowest BCUT2D eigenvalue weighted by Gasteiger charge is -2.21. The summed E-state index contributed by atoms with van der Waals surface area (Å²) in [6, 6.07) is 10.2. The minimum absolute atomic E-state index is 0.741. The molecule has 1 heterocycles. The Kier molecular flexibility index (Phi) is 4.25. The molecule has 0 fully saturated rings. The van der Waals surface area contributed by atoms with Gasteiger partial charge in [-0.1, -0.05) is 18.2 Å². The molecule has 0 aliphatic rings. The summed E-state index contributed by atoms with van der Waals surface area (Å²) in [6.07, 6.45) is 3.64. The number of anilines is 2. The van der Waals surface area contributed by atoms with Crippen LogP contribution < -0.4 is 10.2 Å². The molecule has 0 amide bonds. The maximum atomic E-state index is 4.47. The standard InChI is InChI=1S/C14H18N4/c1-3-18(13-7-5-4-6-8-13)14-11-16-12(9-15-2)10-17-14/h4-8,10-11,15H,3,9H2,1-2H3. The zero-order valence-corrected chi connectivity index (χ0v) is 10.8. The first-order valence-corrected chi connectivity index (χ1v) is 6.13. The largest absolute Gasteiger partial charge is 0.325 e. The molecule has 94 valence electrons. The van der Waals surface area contributed by atoms with E-state index >= 15 is 0 Å². The fourth-order valence-electron chi connectivity index (χ4n) is 1.84. The van der Waals surface area contributed by atoms with E-state index in [1.807, 2.05) is 37.6 Å². The number of aromatic nitrogens is 2. The number of nitrogens with zero attached hydrogens (tertiary/aromatic N) is 3. The first-order valence-electron chi connectivity index (χ1n) is 6.13. The SMILES string of the molecule is CCN(c1ccccc1)c1cnc(CNC)cn1. The van der Waals surface area contributed by atoms with Gasteiger partial charge in [-0.15, -0.1) is 0 Å². The van der Waals surface area contributed by atoms with E-state index in [0.717, 1.165) is 30.3 Å². The smallest absolute Gasteiger partial charge is 0.151 e. The molecule has 0 saturated carbocycles. The summed E-state index contributed by atoms with van der Waals surface area (Å²) in [4.78, 5) is 11.0. The fraction of sp³-hybridized carbons (Fsp3) is 0.286. The highest BCUT2D eigenvalue weighted by Gasteiger charge is 2.08. The first-order chi connectivity index (χ1) is 8.85. The molecule has 2 rings (SSSR count). The topological polar surface area (TPSA) is 41.1 Å². The monoisotopic (exact) mass is 242 g/mol. The van der Waals surface area contributed by atoms with Gasteiger partial charge in [0.1, 0.15) is 0 Å². The van der Waals surface area contributed by atoms with Crippen molar-refractivity contribution in [1.82, 2.24) is 15.3 Å². The van der Waals surface area contributed by atoms with Crippen LogP contribution in [0.1, 0.15) is 12.6 Å². The van der Waals surface area contributed by atoms with Crippen molar-refractivity contribution in [2.75, 3.05) is 18.5 Å². The lowest BCUT2D eigenvalue weighted by Crippen LogP contribution is -2.18. The van der Waals surface area contributed by atoms with Gasteiger partial charge in [-0.3, -0.25) is 4.98 Å². The van der Waals surface area contributed by atoms with E-state index in [4.69, 9.17) is 0 Å². The van der Waals surface area contributed by atoms with E-state index in [9.17, 15) is 0 Å². The van der Waals surface area contributed by atoms with Gasteiger partial charge in [-0.25, -0.2) is 4.98 Å². The van der Waals surface area contributed by atoms with Crippen molar-refractivity contribution in [3.63, 3.8) is 0 Å². The normalized spacial score (nSPS) is 10.3. The number of hydrogen-bond acceptors (Lipinski definition) is 4. The molecule has 4 heteroatoms. The molecule has 0 aliphatic carbocycles. The molecule has 1 N–H and O–H groups in total. The highest BCUT2D eigenvalue weighted by atomic mass is 15.2. The Labute approximate surface area is 108 Å². The van der Waals surface area contributed by atoms with Crippen LogP contribution in [0.2, 0.25) is 0 Å². The van der Waals surface area contributed by atoms with Crippen molar-refractivity contribution in [2.45, 2.75) is 13.5 Å². The third-order valence-corrected chi connectivity index (χ3v) is 2.71. The molecule has 4 nitrogen and oxygen atoms in total. The Balaban J connectivity index is 2.23. The van der Waals surface area contributed by atoms with Gasteiger partial charge in [-0.05, 0) is 26.1 Å². The van der Waals surface area contributed by atoms with Crippen molar-refractivity contribution in [1.29, 1.82) is 0 Å². The summed E-state index contributed by atoms with van der Waals surface area (Å²) in [7, 11) is 1.90. The third-order valence-electron chi connectivity index (χ3n) is 2.71. The van der Waals surface area contributed by atoms with Crippen LogP contribution in [0.15, 0.2) is 42.7 Å². The predicted molar refractivity (Wildman–Crippen MR) is 73.9 cm³/mol. The highest BCUT2D eigenvalue weighted by Crippen LogP contribution is 2.21. The van der Waals surface area contributed by atoms with Gasteiger partial charge in [0.2, 0.25) is 0 Å². The molecule has 0 unspecified atom stereocenters. The summed E-state index contributed by atoms with van der Waals surface area (Å²) in [5, 5.41) is 3.06. The van der Waals surface area contributed by atoms with E-state index in [0.29, 0.717) is 0 Å². The van der Waals surface area contributed by atoms with Gasteiger partial charge in [0, 0.05) is 18.8 Å². The number of nitrogens with one attached hydrogen (secondary N) is 1. The fourth-order valence-corrected chi connectivity index (χ4v) is 1.84. The Hall–Kier alpha value is -1.94. The van der Waals surface area contributed by atoms with Gasteiger partial charge in [0.05, 0.1) is 18.1 Å². The van der Waals surface area contributed by atoms with E-state index in [-0.39, 0.29) is 0 Å². The van der Waals surface area contributed by atoms with Gasteiger partial charge >= 0.3 is 0 Å². The third kappa shape index (κ3) is 2.84. The lowest BCUT2D eigenvalue weighted by atomic mass is 10.3. The highest BCUT2D eigenvalue weighted by molar-refractivity contribution is 5.58. The van der Waals surface area contributed by atoms with E-state index in [2.05, 4.69) is 39.2 Å². The molecular weight excluding hydrogens is 224 g/mol. The minimum atomic E-state index is 0.741. The van der Waals surface area contributed by atoms with Crippen LogP contribution in [0, 0.1) is 0 Å². The van der Waals surface area contributed by atoms with Crippen LogP contribution in [-0.4, -0.2) is 23.6 Å². The Bertz CT molecular complexity index is 467. The average molecular weight is 242 g/mol. The van der Waals surface area contributed by atoms with Gasteiger partial charge < -0.3 is 10.2 Å². The van der Waals surface area contributed by atoms with Crippen LogP contribution in [-0.2, 0) is 6.54 Å². The molecule has 0 bridgehead atoms. The molecule has 2 aromatic rings. The maximum absolute atomic E-state index is 4.47. The summed E-state index contributed by atoms with van der Waals surface area (Å²) in [6.45, 7) is 3.71. The molecule has 1 aromatic heterocycles. The van der Waals surface area contributed by atoms with Crippen LogP contribution in [0.3, 0.4) is 0 Å². The second-order valence-corrected chi connectivity index (χ2v) is 3.98. The van der Waals surface area contributed by atoms with Crippen molar-refractivity contribution in [3.05, 3.63) is 48.4 Å². The van der Waals surface area contributed by atoms with Crippen LogP contribution >= 0.6 is 0 Å². The van der Waals surface area contributed by atoms with Crippen molar-refractivity contribution in [2.24, 2.45) is 0 Å². The Morgan fingerprint density at radius 1 is 1.11 bits per heavy atom. The van der Waals surface area contributed by atoms with E-state index < -0.39 is 0 Å². The molecular formula is C14H18N4. The van der Waals surface area contributed by atoms with Crippen molar-refractivity contribution < 1.29 is 0 Å². The summed E-state index contributed by atoms with van der Waals surface area (Å²) < 4.78 is 0. The number of benzene rings is 1. The van der Waals surface area contributed by atoms with Crippen LogP contribution in [0.5, 0.6) is 0 Å². The quantitative estimate of drug-likeness (QED) is 0.874. The molecule has 0 radical (unpaired) electrons. The first kappa shape index (κ1) is 12.5. The van der Waals surface area contributed by atoms with Gasteiger partial charge in [0.25, 0.3) is 0 Å². The van der Waals surface area contributed by atoms with Gasteiger partial charge in [0.15, 0.2) is 5.82 Å². The summed E-state index contributed by atoms with van der Waals surface area (Å²) >= 11 is 0. The molecule has 0 atom stereocenters. The molecule has 0 spiro atoms. The van der Waals surface area contributed by atoms with Crippen LogP contribution in [0.4, 0.5) is 11.5 Å². The van der Waals surface area contributed by atoms with E-state index in [1.165, 1.54) is 0 Å². The van der Waals surface area contributed by atoms with E-state index in [1.54, 1.807) is 0 Å². The van der Waals surface area contributed by atoms with Crippen molar-refractivity contribution >= 4 is 11.5 Å². The van der Waals surface area contributed by atoms with Gasteiger partial charge in [-0.2, -0.15) is 0 Å². The average Bonchev–Trinajstić information content (AvgIpc) is 2.43. The second-order valence-electron chi connectivity index (χ2n) is 3.98. The number of hydrogen-bond donors (Lipinski definition) is 1. The zero-order chi connectivity index (χ0) is 12.8. The second kappa shape index (κ2) is 6.12. The molecule has 0 saturated heterocycles. The van der Waals surface area contributed by atoms with Crippen molar-refractivity contribution in [3.8, 4) is 0 Å². The molecule has 18 heavy (non-hydrogen) atoms. The predicted octanol–water partition coefficient (Wildman–Crippen LogP) is 2.35. The molecule has 1 aromatic carbocycles. The Morgan fingerprint density at radius 3 is 2.44 bits per heavy atom. The minimum Gasteiger partial charge on any atom is -0.325 e. The maximum Gasteiger partial charge on any atom is 0.151 e. The molecule has 0 aliphatic heterocycles. The Morgan fingerprint density at radius 2 is 1.89 bits per heavy atom. The zero-order valence-electron chi connectivity index (χ0n) is 10.8.